The zero-order chi connectivity index (χ0) is 13.1. The zero-order valence-electron chi connectivity index (χ0n) is 11.6. The molecule has 5 heteroatoms. The van der Waals surface area contributed by atoms with Crippen molar-refractivity contribution < 1.29 is 4.42 Å². The van der Waals surface area contributed by atoms with E-state index in [0.717, 1.165) is 35.2 Å². The largest absolute Gasteiger partial charge is 0.459 e. The van der Waals surface area contributed by atoms with Crippen molar-refractivity contribution in [2.24, 2.45) is 10.9 Å². The molecule has 1 saturated carbocycles. The lowest BCUT2D eigenvalue weighted by Gasteiger charge is -2.09. The van der Waals surface area contributed by atoms with Crippen LogP contribution in [0.5, 0.6) is 0 Å². The average Bonchev–Trinajstić information content (AvgIpc) is 3.17. The summed E-state index contributed by atoms with van der Waals surface area (Å²) in [4.78, 5) is 4.21. The molecule has 0 aliphatic heterocycles. The highest BCUT2D eigenvalue weighted by Crippen LogP contribution is 2.27. The molecule has 3 rings (SSSR count). The first kappa shape index (κ1) is 15.2. The van der Waals surface area contributed by atoms with Crippen molar-refractivity contribution in [3.05, 3.63) is 36.1 Å². The molecule has 2 aromatic rings. The molecule has 20 heavy (non-hydrogen) atoms. The summed E-state index contributed by atoms with van der Waals surface area (Å²) in [6, 6.07) is 10.1. The van der Waals surface area contributed by atoms with E-state index >= 15 is 0 Å². The van der Waals surface area contributed by atoms with E-state index in [1.807, 2.05) is 18.2 Å². The number of hydrogen-bond donors (Lipinski definition) is 2. The van der Waals surface area contributed by atoms with Gasteiger partial charge in [0.05, 0.1) is 6.54 Å². The van der Waals surface area contributed by atoms with Crippen LogP contribution in [0.15, 0.2) is 39.7 Å². The minimum absolute atomic E-state index is 0. The van der Waals surface area contributed by atoms with Gasteiger partial charge in [-0.2, -0.15) is 0 Å². The average molecular weight is 385 g/mol. The summed E-state index contributed by atoms with van der Waals surface area (Å²) in [5.41, 5.74) is 0.931. The van der Waals surface area contributed by atoms with Gasteiger partial charge in [0.2, 0.25) is 0 Å². The van der Waals surface area contributed by atoms with Crippen molar-refractivity contribution in [2.75, 3.05) is 13.6 Å². The molecule has 4 nitrogen and oxygen atoms in total. The van der Waals surface area contributed by atoms with Crippen molar-refractivity contribution in [3.63, 3.8) is 0 Å². The van der Waals surface area contributed by atoms with Gasteiger partial charge in [-0.05, 0) is 30.9 Å². The number of hydrogen-bond acceptors (Lipinski definition) is 2. The van der Waals surface area contributed by atoms with E-state index in [-0.39, 0.29) is 24.0 Å². The molecule has 0 amide bonds. The number of para-hydroxylation sites is 1. The van der Waals surface area contributed by atoms with E-state index < -0.39 is 0 Å². The highest BCUT2D eigenvalue weighted by molar-refractivity contribution is 14.0. The molecule has 1 aromatic heterocycles. The van der Waals surface area contributed by atoms with Crippen LogP contribution in [0.25, 0.3) is 11.0 Å². The van der Waals surface area contributed by atoms with Gasteiger partial charge in [-0.15, -0.1) is 24.0 Å². The van der Waals surface area contributed by atoms with Crippen LogP contribution in [0.2, 0.25) is 0 Å². The minimum Gasteiger partial charge on any atom is -0.459 e. The van der Waals surface area contributed by atoms with Gasteiger partial charge >= 0.3 is 0 Å². The Labute approximate surface area is 136 Å². The Bertz CT molecular complexity index is 557. The van der Waals surface area contributed by atoms with Crippen LogP contribution >= 0.6 is 24.0 Å². The highest BCUT2D eigenvalue weighted by atomic mass is 127. The Balaban J connectivity index is 0.00000147. The van der Waals surface area contributed by atoms with Crippen molar-refractivity contribution in [1.82, 2.24) is 10.6 Å². The second kappa shape index (κ2) is 6.97. The number of furan rings is 1. The van der Waals surface area contributed by atoms with Gasteiger partial charge in [0.1, 0.15) is 11.3 Å². The number of rotatable bonds is 4. The van der Waals surface area contributed by atoms with Gasteiger partial charge in [-0.1, -0.05) is 18.2 Å². The quantitative estimate of drug-likeness (QED) is 0.483. The molecule has 1 fully saturated rings. The number of fused-ring (bicyclic) bond motifs is 1. The summed E-state index contributed by atoms with van der Waals surface area (Å²) in [6.45, 7) is 1.67. The number of nitrogens with zero attached hydrogens (tertiary/aromatic N) is 1. The predicted octanol–water partition coefficient (Wildman–Crippen LogP) is 3.13. The lowest BCUT2D eigenvalue weighted by Crippen LogP contribution is -2.37. The number of guanidine groups is 1. The molecule has 0 unspecified atom stereocenters. The van der Waals surface area contributed by atoms with Crippen LogP contribution in [0.3, 0.4) is 0 Å². The molecular weight excluding hydrogens is 365 g/mol. The van der Waals surface area contributed by atoms with E-state index in [1.54, 1.807) is 7.05 Å². The van der Waals surface area contributed by atoms with Crippen LogP contribution in [0.1, 0.15) is 18.6 Å². The molecule has 1 aliphatic rings. The molecule has 108 valence electrons. The van der Waals surface area contributed by atoms with Gasteiger partial charge in [-0.3, -0.25) is 4.99 Å². The first-order valence-electron chi connectivity index (χ1n) is 6.77. The summed E-state index contributed by atoms with van der Waals surface area (Å²) < 4.78 is 5.76. The SMILES string of the molecule is CN=C(NCc1cc2ccccc2o1)NCC1CC1.I. The third kappa shape index (κ3) is 3.88. The summed E-state index contributed by atoms with van der Waals surface area (Å²) in [5, 5.41) is 7.75. The fraction of sp³-hybridized carbons (Fsp3) is 0.400. The topological polar surface area (TPSA) is 49.6 Å². The first-order valence-corrected chi connectivity index (χ1v) is 6.77. The fourth-order valence-electron chi connectivity index (χ4n) is 2.08. The Kier molecular flexibility index (Phi) is 5.28. The molecule has 0 radical (unpaired) electrons. The molecule has 0 spiro atoms. The van der Waals surface area contributed by atoms with Gasteiger partial charge < -0.3 is 15.1 Å². The van der Waals surface area contributed by atoms with E-state index in [4.69, 9.17) is 4.42 Å². The van der Waals surface area contributed by atoms with Gasteiger partial charge in [0.15, 0.2) is 5.96 Å². The van der Waals surface area contributed by atoms with Crippen LogP contribution in [0, 0.1) is 5.92 Å². The van der Waals surface area contributed by atoms with E-state index in [9.17, 15) is 0 Å². The van der Waals surface area contributed by atoms with Crippen LogP contribution < -0.4 is 10.6 Å². The van der Waals surface area contributed by atoms with Crippen molar-refractivity contribution in [3.8, 4) is 0 Å². The van der Waals surface area contributed by atoms with E-state index in [2.05, 4.69) is 27.8 Å². The molecule has 1 aromatic carbocycles. The van der Waals surface area contributed by atoms with Crippen molar-refractivity contribution in [1.29, 1.82) is 0 Å². The summed E-state index contributed by atoms with van der Waals surface area (Å²) >= 11 is 0. The lowest BCUT2D eigenvalue weighted by molar-refractivity contribution is 0.538. The summed E-state index contributed by atoms with van der Waals surface area (Å²) in [5.74, 6) is 2.60. The van der Waals surface area contributed by atoms with Crippen molar-refractivity contribution in [2.45, 2.75) is 19.4 Å². The minimum atomic E-state index is 0. The van der Waals surface area contributed by atoms with Crippen molar-refractivity contribution >= 4 is 40.9 Å². The molecular formula is C15H20IN3O. The number of aliphatic imine (C=N–C) groups is 1. The molecule has 1 aliphatic carbocycles. The molecule has 2 N–H and O–H groups in total. The standard InChI is InChI=1S/C15H19N3O.HI/c1-16-15(17-9-11-6-7-11)18-10-13-8-12-4-2-3-5-14(12)19-13;/h2-5,8,11H,6-7,9-10H2,1H3,(H2,16,17,18);1H. The fourth-order valence-corrected chi connectivity index (χ4v) is 2.08. The lowest BCUT2D eigenvalue weighted by atomic mass is 10.2. The Morgan fingerprint density at radius 1 is 1.30 bits per heavy atom. The summed E-state index contributed by atoms with van der Waals surface area (Å²) in [6.07, 6.45) is 2.68. The molecule has 0 saturated heterocycles. The summed E-state index contributed by atoms with van der Waals surface area (Å²) in [7, 11) is 1.79. The second-order valence-corrected chi connectivity index (χ2v) is 5.00. The third-order valence-corrected chi connectivity index (χ3v) is 3.39. The van der Waals surface area contributed by atoms with Gasteiger partial charge in [0.25, 0.3) is 0 Å². The zero-order valence-corrected chi connectivity index (χ0v) is 13.9. The predicted molar refractivity (Wildman–Crippen MR) is 92.6 cm³/mol. The maximum Gasteiger partial charge on any atom is 0.191 e. The molecule has 1 heterocycles. The highest BCUT2D eigenvalue weighted by Gasteiger charge is 2.21. The smallest absolute Gasteiger partial charge is 0.191 e. The van der Waals surface area contributed by atoms with Gasteiger partial charge in [0, 0.05) is 19.0 Å². The maximum absolute atomic E-state index is 5.76. The normalized spacial score (nSPS) is 14.9. The third-order valence-electron chi connectivity index (χ3n) is 3.39. The molecule has 0 atom stereocenters. The van der Waals surface area contributed by atoms with Crippen LogP contribution in [-0.2, 0) is 6.54 Å². The Morgan fingerprint density at radius 3 is 2.80 bits per heavy atom. The first-order chi connectivity index (χ1) is 9.35. The monoisotopic (exact) mass is 385 g/mol. The Morgan fingerprint density at radius 2 is 2.10 bits per heavy atom. The van der Waals surface area contributed by atoms with Crippen LogP contribution in [0.4, 0.5) is 0 Å². The van der Waals surface area contributed by atoms with Gasteiger partial charge in [-0.25, -0.2) is 0 Å². The number of benzene rings is 1. The molecule has 0 bridgehead atoms. The number of halogens is 1. The van der Waals surface area contributed by atoms with E-state index in [0.29, 0.717) is 6.54 Å². The second-order valence-electron chi connectivity index (χ2n) is 5.00. The van der Waals surface area contributed by atoms with E-state index in [1.165, 1.54) is 12.8 Å². The maximum atomic E-state index is 5.76. The van der Waals surface area contributed by atoms with Crippen LogP contribution in [-0.4, -0.2) is 19.6 Å². The Hall–Kier alpha value is -1.24. The number of nitrogens with one attached hydrogen (secondary N) is 2.